The molecule has 2 aromatic heterocycles. The fourth-order valence-electron chi connectivity index (χ4n) is 3.81. The highest BCUT2D eigenvalue weighted by atomic mass is 16.2. The van der Waals surface area contributed by atoms with E-state index in [2.05, 4.69) is 16.1 Å². The van der Waals surface area contributed by atoms with Crippen LogP contribution in [0.3, 0.4) is 0 Å². The Morgan fingerprint density at radius 2 is 2.00 bits per heavy atom. The Bertz CT molecular complexity index is 925. The van der Waals surface area contributed by atoms with Crippen molar-refractivity contribution < 1.29 is 4.79 Å². The lowest BCUT2D eigenvalue weighted by Crippen LogP contribution is -2.39. The van der Waals surface area contributed by atoms with Crippen LogP contribution in [-0.4, -0.2) is 38.7 Å². The summed E-state index contributed by atoms with van der Waals surface area (Å²) in [7, 11) is 0. The molecule has 3 heterocycles. The fraction of sp³-hybridized carbons (Fsp3) is 0.381. The Balaban J connectivity index is 1.52. The van der Waals surface area contributed by atoms with Crippen LogP contribution in [0.5, 0.6) is 0 Å². The monoisotopic (exact) mass is 348 g/mol. The molecule has 1 fully saturated rings. The molecule has 0 bridgehead atoms. The molecule has 134 valence electrons. The van der Waals surface area contributed by atoms with Gasteiger partial charge in [-0.3, -0.25) is 14.5 Å². The molecule has 1 aliphatic heterocycles. The number of likely N-dealkylation sites (tertiary alicyclic amines) is 1. The zero-order chi connectivity index (χ0) is 18.1. The molecule has 1 aromatic carbocycles. The Morgan fingerprint density at radius 3 is 2.73 bits per heavy atom. The van der Waals surface area contributed by atoms with Crippen LogP contribution in [0, 0.1) is 19.8 Å². The molecular formula is C21H24N4O. The standard InChI is InChI=1S/C21H24N4O/c1-15-4-5-20-18(12-15)19(13-16(2)23-20)21(26)24-10-6-17(7-11-24)14-25-9-3-8-22-25/h3-5,8-9,12-13,17H,6-7,10-11,14H2,1-2H3. The Kier molecular flexibility index (Phi) is 4.45. The molecule has 0 spiro atoms. The summed E-state index contributed by atoms with van der Waals surface area (Å²) in [5, 5.41) is 5.25. The molecule has 0 N–H and O–H groups in total. The average Bonchev–Trinajstić information content (AvgIpc) is 3.14. The van der Waals surface area contributed by atoms with E-state index in [1.165, 1.54) is 0 Å². The van der Waals surface area contributed by atoms with Gasteiger partial charge in [0.1, 0.15) is 0 Å². The minimum absolute atomic E-state index is 0.128. The van der Waals surface area contributed by atoms with E-state index in [9.17, 15) is 4.79 Å². The van der Waals surface area contributed by atoms with Gasteiger partial charge >= 0.3 is 0 Å². The summed E-state index contributed by atoms with van der Waals surface area (Å²) in [6.07, 6.45) is 5.86. The van der Waals surface area contributed by atoms with Crippen molar-refractivity contribution in [1.82, 2.24) is 19.7 Å². The van der Waals surface area contributed by atoms with E-state index in [0.717, 1.165) is 60.2 Å². The first-order valence-corrected chi connectivity index (χ1v) is 9.25. The van der Waals surface area contributed by atoms with Gasteiger partial charge in [-0.15, -0.1) is 0 Å². The third-order valence-electron chi connectivity index (χ3n) is 5.23. The van der Waals surface area contributed by atoms with Crippen molar-refractivity contribution in [1.29, 1.82) is 0 Å². The molecule has 0 aliphatic carbocycles. The first kappa shape index (κ1) is 16.8. The molecule has 0 atom stereocenters. The van der Waals surface area contributed by atoms with Crippen molar-refractivity contribution in [2.45, 2.75) is 33.2 Å². The average molecular weight is 348 g/mol. The maximum Gasteiger partial charge on any atom is 0.254 e. The van der Waals surface area contributed by atoms with E-state index in [4.69, 9.17) is 0 Å². The third-order valence-corrected chi connectivity index (χ3v) is 5.23. The summed E-state index contributed by atoms with van der Waals surface area (Å²) in [6.45, 7) is 6.55. The molecular weight excluding hydrogens is 324 g/mol. The van der Waals surface area contributed by atoms with Crippen LogP contribution < -0.4 is 0 Å². The largest absolute Gasteiger partial charge is 0.339 e. The molecule has 4 rings (SSSR count). The maximum absolute atomic E-state index is 13.2. The van der Waals surface area contributed by atoms with Crippen molar-refractivity contribution >= 4 is 16.8 Å². The smallest absolute Gasteiger partial charge is 0.254 e. The molecule has 26 heavy (non-hydrogen) atoms. The highest BCUT2D eigenvalue weighted by molar-refractivity contribution is 6.06. The predicted molar refractivity (Wildman–Crippen MR) is 102 cm³/mol. The number of benzene rings is 1. The van der Waals surface area contributed by atoms with E-state index in [1.54, 1.807) is 0 Å². The Labute approximate surface area is 153 Å². The highest BCUT2D eigenvalue weighted by Crippen LogP contribution is 2.25. The first-order valence-electron chi connectivity index (χ1n) is 9.25. The zero-order valence-corrected chi connectivity index (χ0v) is 15.4. The van der Waals surface area contributed by atoms with Crippen LogP contribution in [0.25, 0.3) is 10.9 Å². The van der Waals surface area contributed by atoms with E-state index < -0.39 is 0 Å². The summed E-state index contributed by atoms with van der Waals surface area (Å²) in [4.78, 5) is 19.8. The van der Waals surface area contributed by atoms with Gasteiger partial charge in [-0.25, -0.2) is 0 Å². The van der Waals surface area contributed by atoms with Gasteiger partial charge < -0.3 is 4.90 Å². The number of nitrogens with zero attached hydrogens (tertiary/aromatic N) is 4. The molecule has 1 aliphatic rings. The second kappa shape index (κ2) is 6.90. The second-order valence-corrected chi connectivity index (χ2v) is 7.30. The Morgan fingerprint density at radius 1 is 1.19 bits per heavy atom. The van der Waals surface area contributed by atoms with Crippen LogP contribution in [0.4, 0.5) is 0 Å². The molecule has 1 amide bonds. The number of hydrogen-bond acceptors (Lipinski definition) is 3. The Hall–Kier alpha value is -2.69. The summed E-state index contributed by atoms with van der Waals surface area (Å²) in [5.41, 5.74) is 3.71. The normalized spacial score (nSPS) is 15.5. The van der Waals surface area contributed by atoms with Crippen LogP contribution in [0.2, 0.25) is 0 Å². The lowest BCUT2D eigenvalue weighted by atomic mass is 9.95. The van der Waals surface area contributed by atoms with Crippen LogP contribution in [-0.2, 0) is 6.54 Å². The number of carbonyl (C=O) groups is 1. The predicted octanol–water partition coefficient (Wildman–Crippen LogP) is 3.60. The quantitative estimate of drug-likeness (QED) is 0.727. The minimum Gasteiger partial charge on any atom is -0.339 e. The number of pyridine rings is 1. The van der Waals surface area contributed by atoms with E-state index in [0.29, 0.717) is 5.92 Å². The third kappa shape index (κ3) is 3.34. The van der Waals surface area contributed by atoms with E-state index in [-0.39, 0.29) is 5.91 Å². The number of carbonyl (C=O) groups excluding carboxylic acids is 1. The lowest BCUT2D eigenvalue weighted by Gasteiger charge is -2.32. The van der Waals surface area contributed by atoms with Crippen molar-refractivity contribution in [2.24, 2.45) is 5.92 Å². The van der Waals surface area contributed by atoms with Gasteiger partial charge in [0.15, 0.2) is 0 Å². The van der Waals surface area contributed by atoms with E-state index >= 15 is 0 Å². The lowest BCUT2D eigenvalue weighted by molar-refractivity contribution is 0.0683. The summed E-state index contributed by atoms with van der Waals surface area (Å²) >= 11 is 0. The van der Waals surface area contributed by atoms with Gasteiger partial charge in [-0.2, -0.15) is 5.10 Å². The molecule has 5 heteroatoms. The van der Waals surface area contributed by atoms with Gasteiger partial charge in [0.25, 0.3) is 5.91 Å². The topological polar surface area (TPSA) is 51.0 Å². The fourth-order valence-corrected chi connectivity index (χ4v) is 3.81. The number of amides is 1. The van der Waals surface area contributed by atoms with Crippen LogP contribution in [0.1, 0.15) is 34.5 Å². The SMILES string of the molecule is Cc1ccc2nc(C)cc(C(=O)N3CCC(Cn4cccn4)CC3)c2c1. The van der Waals surface area contributed by atoms with Crippen molar-refractivity contribution in [3.05, 3.63) is 59.5 Å². The van der Waals surface area contributed by atoms with Crippen LogP contribution >= 0.6 is 0 Å². The highest BCUT2D eigenvalue weighted by Gasteiger charge is 2.25. The van der Waals surface area contributed by atoms with E-state index in [1.807, 2.05) is 60.1 Å². The summed E-state index contributed by atoms with van der Waals surface area (Å²) < 4.78 is 1.99. The molecule has 5 nitrogen and oxygen atoms in total. The van der Waals surface area contributed by atoms with Gasteiger partial charge in [-0.1, -0.05) is 11.6 Å². The number of hydrogen-bond donors (Lipinski definition) is 0. The number of aryl methyl sites for hydroxylation is 2. The van der Waals surface area contributed by atoms with Gasteiger partial charge in [-0.05, 0) is 56.9 Å². The van der Waals surface area contributed by atoms with Gasteiger partial charge in [0, 0.05) is 43.1 Å². The molecule has 0 radical (unpaired) electrons. The molecule has 0 saturated carbocycles. The van der Waals surface area contributed by atoms with Crippen molar-refractivity contribution in [3.63, 3.8) is 0 Å². The first-order chi connectivity index (χ1) is 12.6. The number of rotatable bonds is 3. The molecule has 0 unspecified atom stereocenters. The minimum atomic E-state index is 0.128. The molecule has 3 aromatic rings. The zero-order valence-electron chi connectivity index (χ0n) is 15.4. The van der Waals surface area contributed by atoms with Gasteiger partial charge in [0.05, 0.1) is 11.1 Å². The summed E-state index contributed by atoms with van der Waals surface area (Å²) in [5.74, 6) is 0.709. The van der Waals surface area contributed by atoms with Crippen molar-refractivity contribution in [2.75, 3.05) is 13.1 Å². The maximum atomic E-state index is 13.2. The second-order valence-electron chi connectivity index (χ2n) is 7.30. The number of fused-ring (bicyclic) bond motifs is 1. The van der Waals surface area contributed by atoms with Gasteiger partial charge in [0.2, 0.25) is 0 Å². The number of piperidine rings is 1. The summed E-state index contributed by atoms with van der Waals surface area (Å²) in [6, 6.07) is 10.0. The van der Waals surface area contributed by atoms with Crippen LogP contribution in [0.15, 0.2) is 42.7 Å². The van der Waals surface area contributed by atoms with Crippen molar-refractivity contribution in [3.8, 4) is 0 Å². The number of aromatic nitrogens is 3. The molecule has 1 saturated heterocycles.